The highest BCUT2D eigenvalue weighted by Crippen LogP contribution is 2.25. The van der Waals surface area contributed by atoms with Crippen LogP contribution >= 0.6 is 12.6 Å². The maximum Gasteiger partial charge on any atom is 0.0591 e. The van der Waals surface area contributed by atoms with E-state index in [1.165, 1.54) is 29.5 Å². The summed E-state index contributed by atoms with van der Waals surface area (Å²) < 4.78 is 0. The van der Waals surface area contributed by atoms with Gasteiger partial charge in [0.05, 0.1) is 5.60 Å². The van der Waals surface area contributed by atoms with E-state index < -0.39 is 5.60 Å². The normalized spacial score (nSPS) is 13.6. The van der Waals surface area contributed by atoms with E-state index in [9.17, 15) is 5.11 Å². The van der Waals surface area contributed by atoms with Gasteiger partial charge in [0.2, 0.25) is 0 Å². The van der Waals surface area contributed by atoms with Crippen LogP contribution < -0.4 is 0 Å². The molecule has 0 saturated heterocycles. The van der Waals surface area contributed by atoms with Crippen molar-refractivity contribution in [2.75, 3.05) is 0 Å². The fourth-order valence-electron chi connectivity index (χ4n) is 2.49. The highest BCUT2D eigenvalue weighted by Gasteiger charge is 2.13. The van der Waals surface area contributed by atoms with Crippen molar-refractivity contribution in [3.63, 3.8) is 0 Å². The molecule has 0 radical (unpaired) electrons. The highest BCUT2D eigenvalue weighted by molar-refractivity contribution is 7.80. The van der Waals surface area contributed by atoms with Gasteiger partial charge in [0, 0.05) is 4.90 Å². The molecule has 1 aromatic carbocycles. The fourth-order valence-corrected chi connectivity index (χ4v) is 2.85. The van der Waals surface area contributed by atoms with Gasteiger partial charge in [-0.1, -0.05) is 31.9 Å². The zero-order chi connectivity index (χ0) is 15.3. The van der Waals surface area contributed by atoms with Crippen molar-refractivity contribution in [3.05, 3.63) is 28.8 Å². The summed E-state index contributed by atoms with van der Waals surface area (Å²) >= 11 is 4.66. The zero-order valence-corrected chi connectivity index (χ0v) is 14.6. The standard InChI is InChI=1S/C18H30OS/c1-13(7-6-12-18(4,5)19)8-10-16-11-9-14(2)15(3)17(16)20/h9,11,13,19-20H,6-8,10,12H2,1-5H3. The minimum atomic E-state index is -0.522. The molecule has 0 aliphatic carbocycles. The molecule has 20 heavy (non-hydrogen) atoms. The van der Waals surface area contributed by atoms with E-state index in [-0.39, 0.29) is 0 Å². The third-order valence-electron chi connectivity index (χ3n) is 4.18. The summed E-state index contributed by atoms with van der Waals surface area (Å²) in [6, 6.07) is 4.41. The van der Waals surface area contributed by atoms with Crippen molar-refractivity contribution >= 4 is 12.6 Å². The van der Waals surface area contributed by atoms with Crippen LogP contribution in [0.2, 0.25) is 0 Å². The van der Waals surface area contributed by atoms with E-state index in [1.807, 2.05) is 13.8 Å². The second-order valence-corrected chi connectivity index (χ2v) is 7.31. The molecule has 1 N–H and O–H groups in total. The molecule has 0 amide bonds. The maximum absolute atomic E-state index is 9.72. The molecule has 0 heterocycles. The Morgan fingerprint density at radius 2 is 1.85 bits per heavy atom. The first kappa shape index (κ1) is 17.6. The molecular weight excluding hydrogens is 264 g/mol. The molecule has 1 aromatic rings. The Kier molecular flexibility index (Phi) is 6.60. The number of aliphatic hydroxyl groups is 1. The molecule has 0 aliphatic rings. The van der Waals surface area contributed by atoms with Crippen LogP contribution in [0.1, 0.15) is 63.1 Å². The van der Waals surface area contributed by atoms with Gasteiger partial charge < -0.3 is 5.11 Å². The molecule has 0 bridgehead atoms. The van der Waals surface area contributed by atoms with Crippen molar-refractivity contribution < 1.29 is 5.11 Å². The number of thiol groups is 1. The summed E-state index contributed by atoms with van der Waals surface area (Å²) in [7, 11) is 0. The van der Waals surface area contributed by atoms with Crippen LogP contribution in [-0.4, -0.2) is 10.7 Å². The first-order chi connectivity index (χ1) is 9.20. The minimum Gasteiger partial charge on any atom is -0.390 e. The lowest BCUT2D eigenvalue weighted by molar-refractivity contribution is 0.0669. The van der Waals surface area contributed by atoms with Crippen LogP contribution in [0.25, 0.3) is 0 Å². The summed E-state index contributed by atoms with van der Waals surface area (Å²) in [4.78, 5) is 1.16. The lowest BCUT2D eigenvalue weighted by Gasteiger charge is -2.19. The second kappa shape index (κ2) is 7.51. The molecule has 1 rings (SSSR count). The monoisotopic (exact) mass is 294 g/mol. The lowest BCUT2D eigenvalue weighted by atomic mass is 9.92. The van der Waals surface area contributed by atoms with Gasteiger partial charge in [-0.2, -0.15) is 0 Å². The number of aryl methyl sites for hydroxylation is 2. The minimum absolute atomic E-state index is 0.522. The number of benzene rings is 1. The van der Waals surface area contributed by atoms with E-state index in [2.05, 4.69) is 45.5 Å². The summed E-state index contributed by atoms with van der Waals surface area (Å²) in [5.41, 5.74) is 3.47. The Bertz CT molecular complexity index is 432. The SMILES string of the molecule is Cc1ccc(CCC(C)CCCC(C)(C)O)c(S)c1C. The average Bonchev–Trinajstić information content (AvgIpc) is 2.33. The van der Waals surface area contributed by atoms with E-state index >= 15 is 0 Å². The summed E-state index contributed by atoms with van der Waals surface area (Å²) in [5, 5.41) is 9.72. The third kappa shape index (κ3) is 5.88. The molecule has 0 aliphatic heterocycles. The zero-order valence-electron chi connectivity index (χ0n) is 13.7. The number of rotatable bonds is 7. The maximum atomic E-state index is 9.72. The second-order valence-electron chi connectivity index (χ2n) is 6.86. The molecule has 2 heteroatoms. The topological polar surface area (TPSA) is 20.2 Å². The van der Waals surface area contributed by atoms with Crippen LogP contribution in [-0.2, 0) is 6.42 Å². The molecule has 0 aromatic heterocycles. The van der Waals surface area contributed by atoms with Crippen molar-refractivity contribution in [2.45, 2.75) is 77.2 Å². The van der Waals surface area contributed by atoms with Gasteiger partial charge in [0.25, 0.3) is 0 Å². The van der Waals surface area contributed by atoms with E-state index in [0.29, 0.717) is 5.92 Å². The molecule has 0 spiro atoms. The van der Waals surface area contributed by atoms with Gasteiger partial charge in [0.15, 0.2) is 0 Å². The predicted molar refractivity (Wildman–Crippen MR) is 90.8 cm³/mol. The summed E-state index contributed by atoms with van der Waals surface area (Å²) in [5.74, 6) is 0.701. The predicted octanol–water partition coefficient (Wildman–Crippen LogP) is 5.10. The number of hydrogen-bond donors (Lipinski definition) is 2. The van der Waals surface area contributed by atoms with Crippen LogP contribution in [0.3, 0.4) is 0 Å². The molecule has 0 fully saturated rings. The van der Waals surface area contributed by atoms with Gasteiger partial charge in [-0.15, -0.1) is 12.6 Å². The van der Waals surface area contributed by atoms with Crippen LogP contribution in [0.4, 0.5) is 0 Å². The van der Waals surface area contributed by atoms with Gasteiger partial charge in [0.1, 0.15) is 0 Å². The summed E-state index contributed by atoms with van der Waals surface area (Å²) in [6.07, 6.45) is 5.48. The Morgan fingerprint density at radius 3 is 2.45 bits per heavy atom. The molecule has 0 saturated carbocycles. The number of hydrogen-bond acceptors (Lipinski definition) is 2. The van der Waals surface area contributed by atoms with Gasteiger partial charge in [-0.3, -0.25) is 0 Å². The first-order valence-corrected chi connectivity index (χ1v) is 8.16. The van der Waals surface area contributed by atoms with E-state index in [1.54, 1.807) is 0 Å². The average molecular weight is 295 g/mol. The molecule has 114 valence electrons. The van der Waals surface area contributed by atoms with Gasteiger partial charge >= 0.3 is 0 Å². The fraction of sp³-hybridized carbons (Fsp3) is 0.667. The first-order valence-electron chi connectivity index (χ1n) is 7.71. The van der Waals surface area contributed by atoms with Gasteiger partial charge in [-0.25, -0.2) is 0 Å². The Morgan fingerprint density at radius 1 is 1.20 bits per heavy atom. The smallest absolute Gasteiger partial charge is 0.0591 e. The molecule has 1 nitrogen and oxygen atoms in total. The Balaban J connectivity index is 2.42. The van der Waals surface area contributed by atoms with Crippen LogP contribution in [0.15, 0.2) is 17.0 Å². The van der Waals surface area contributed by atoms with Crippen molar-refractivity contribution in [3.8, 4) is 0 Å². The van der Waals surface area contributed by atoms with Crippen LogP contribution in [0, 0.1) is 19.8 Å². The Hall–Kier alpha value is -0.470. The highest BCUT2D eigenvalue weighted by atomic mass is 32.1. The Labute approximate surface area is 130 Å². The lowest BCUT2D eigenvalue weighted by Crippen LogP contribution is -2.18. The van der Waals surface area contributed by atoms with Crippen molar-refractivity contribution in [1.82, 2.24) is 0 Å². The molecular formula is C18H30OS. The van der Waals surface area contributed by atoms with Crippen molar-refractivity contribution in [2.24, 2.45) is 5.92 Å². The van der Waals surface area contributed by atoms with E-state index in [0.717, 1.165) is 24.2 Å². The molecule has 1 atom stereocenters. The molecule has 1 unspecified atom stereocenters. The largest absolute Gasteiger partial charge is 0.390 e. The summed E-state index contributed by atoms with van der Waals surface area (Å²) in [6.45, 7) is 10.4. The third-order valence-corrected chi connectivity index (χ3v) is 4.80. The van der Waals surface area contributed by atoms with E-state index in [4.69, 9.17) is 0 Å². The quantitative estimate of drug-likeness (QED) is 0.670. The van der Waals surface area contributed by atoms with Crippen molar-refractivity contribution in [1.29, 1.82) is 0 Å². The van der Waals surface area contributed by atoms with Gasteiger partial charge in [-0.05, 0) is 69.6 Å². The van der Waals surface area contributed by atoms with Crippen LogP contribution in [0.5, 0.6) is 0 Å².